The predicted octanol–water partition coefficient (Wildman–Crippen LogP) is 2.38. The monoisotopic (exact) mass is 257 g/mol. The van der Waals surface area contributed by atoms with Gasteiger partial charge in [-0.2, -0.15) is 5.26 Å². The molecular formula is C10H12ClN3OS. The first-order chi connectivity index (χ1) is 7.69. The van der Waals surface area contributed by atoms with Gasteiger partial charge in [0.1, 0.15) is 10.9 Å². The zero-order chi connectivity index (χ0) is 11.5. The van der Waals surface area contributed by atoms with Crippen LogP contribution < -0.4 is 5.32 Å². The molecular weight excluding hydrogens is 246 g/mol. The van der Waals surface area contributed by atoms with Crippen LogP contribution in [0.15, 0.2) is 0 Å². The van der Waals surface area contributed by atoms with Crippen molar-refractivity contribution >= 4 is 28.1 Å². The molecule has 1 heterocycles. The van der Waals surface area contributed by atoms with Crippen molar-refractivity contribution in [3.63, 3.8) is 0 Å². The Bertz CT molecular complexity index is 407. The minimum absolute atomic E-state index is 0.160. The topological polar surface area (TPSA) is 68.9 Å². The summed E-state index contributed by atoms with van der Waals surface area (Å²) in [5.74, 6) is 0. The van der Waals surface area contributed by atoms with Crippen molar-refractivity contribution < 1.29 is 5.11 Å². The zero-order valence-corrected chi connectivity index (χ0v) is 10.2. The Labute approximate surface area is 103 Å². The minimum atomic E-state index is -0.160. The Morgan fingerprint density at radius 1 is 1.44 bits per heavy atom. The smallest absolute Gasteiger partial charge is 0.185 e. The van der Waals surface area contributed by atoms with Crippen LogP contribution in [0, 0.1) is 11.3 Å². The van der Waals surface area contributed by atoms with Gasteiger partial charge >= 0.3 is 0 Å². The number of thiazole rings is 1. The maximum absolute atomic E-state index is 9.37. The lowest BCUT2D eigenvalue weighted by Gasteiger charge is -2.25. The van der Waals surface area contributed by atoms with Crippen molar-refractivity contribution in [2.75, 3.05) is 5.32 Å². The first-order valence-electron chi connectivity index (χ1n) is 5.20. The van der Waals surface area contributed by atoms with E-state index >= 15 is 0 Å². The van der Waals surface area contributed by atoms with E-state index in [1.165, 1.54) is 11.3 Å². The molecule has 1 fully saturated rings. The van der Waals surface area contributed by atoms with Gasteiger partial charge in [0.05, 0.1) is 6.10 Å². The van der Waals surface area contributed by atoms with Crippen LogP contribution in [-0.2, 0) is 0 Å². The molecule has 6 heteroatoms. The number of nitrogens with one attached hydrogen (secondary N) is 1. The molecule has 0 radical (unpaired) electrons. The largest absolute Gasteiger partial charge is 0.393 e. The maximum atomic E-state index is 9.37. The molecule has 0 spiro atoms. The van der Waals surface area contributed by atoms with Crippen molar-refractivity contribution in [1.82, 2.24) is 4.98 Å². The standard InChI is InChI=1S/C10H12ClN3OS/c11-9-8(5-12)16-10(14-9)13-6-1-3-7(15)4-2-6/h6-7,15H,1-4H2,(H,13,14). The van der Waals surface area contributed by atoms with Crippen LogP contribution >= 0.6 is 22.9 Å². The van der Waals surface area contributed by atoms with E-state index in [2.05, 4.69) is 10.3 Å². The summed E-state index contributed by atoms with van der Waals surface area (Å²) in [4.78, 5) is 4.53. The third kappa shape index (κ3) is 2.64. The Kier molecular flexibility index (Phi) is 3.64. The highest BCUT2D eigenvalue weighted by Gasteiger charge is 2.20. The van der Waals surface area contributed by atoms with Crippen LogP contribution in [0.3, 0.4) is 0 Å². The molecule has 1 aromatic rings. The molecule has 1 aliphatic carbocycles. The zero-order valence-electron chi connectivity index (χ0n) is 8.61. The van der Waals surface area contributed by atoms with E-state index in [0.717, 1.165) is 25.7 Å². The predicted molar refractivity (Wildman–Crippen MR) is 63.7 cm³/mol. The lowest BCUT2D eigenvalue weighted by atomic mass is 9.93. The molecule has 1 aliphatic rings. The SMILES string of the molecule is N#Cc1sc(NC2CCC(O)CC2)nc1Cl. The number of nitriles is 1. The van der Waals surface area contributed by atoms with E-state index in [1.807, 2.05) is 6.07 Å². The molecule has 0 amide bonds. The number of hydrogen-bond acceptors (Lipinski definition) is 5. The molecule has 0 saturated heterocycles. The lowest BCUT2D eigenvalue weighted by molar-refractivity contribution is 0.126. The van der Waals surface area contributed by atoms with Crippen molar-refractivity contribution in [3.05, 3.63) is 10.0 Å². The third-order valence-corrected chi connectivity index (χ3v) is 3.99. The molecule has 0 atom stereocenters. The summed E-state index contributed by atoms with van der Waals surface area (Å²) in [6, 6.07) is 2.33. The van der Waals surface area contributed by atoms with Crippen molar-refractivity contribution in [2.24, 2.45) is 0 Å². The molecule has 4 nitrogen and oxygen atoms in total. The summed E-state index contributed by atoms with van der Waals surface area (Å²) in [6.07, 6.45) is 3.34. The number of hydrogen-bond donors (Lipinski definition) is 2. The van der Waals surface area contributed by atoms with Crippen molar-refractivity contribution in [3.8, 4) is 6.07 Å². The summed E-state index contributed by atoms with van der Waals surface area (Å²) in [6.45, 7) is 0. The van der Waals surface area contributed by atoms with Gasteiger partial charge in [0.2, 0.25) is 0 Å². The van der Waals surface area contributed by atoms with E-state index in [-0.39, 0.29) is 11.3 Å². The van der Waals surface area contributed by atoms with Gasteiger partial charge in [-0.1, -0.05) is 22.9 Å². The van der Waals surface area contributed by atoms with Crippen LogP contribution in [0.1, 0.15) is 30.6 Å². The fourth-order valence-corrected chi connectivity index (χ4v) is 2.85. The summed E-state index contributed by atoms with van der Waals surface area (Å²) in [7, 11) is 0. The van der Waals surface area contributed by atoms with E-state index in [4.69, 9.17) is 16.9 Å². The van der Waals surface area contributed by atoms with Crippen LogP contribution in [0.4, 0.5) is 5.13 Å². The van der Waals surface area contributed by atoms with Gasteiger partial charge in [-0.05, 0) is 25.7 Å². The first-order valence-corrected chi connectivity index (χ1v) is 6.39. The summed E-state index contributed by atoms with van der Waals surface area (Å²) in [5, 5.41) is 22.3. The second-order valence-corrected chi connectivity index (χ2v) is 5.26. The molecule has 0 aromatic carbocycles. The fraction of sp³-hybridized carbons (Fsp3) is 0.600. The van der Waals surface area contributed by atoms with Crippen LogP contribution in [0.2, 0.25) is 5.15 Å². The molecule has 0 unspecified atom stereocenters. The van der Waals surface area contributed by atoms with Crippen molar-refractivity contribution in [2.45, 2.75) is 37.8 Å². The molecule has 1 saturated carbocycles. The quantitative estimate of drug-likeness (QED) is 0.854. The van der Waals surface area contributed by atoms with Crippen LogP contribution in [0.25, 0.3) is 0 Å². The Hall–Kier alpha value is -0.830. The molecule has 2 rings (SSSR count). The Morgan fingerprint density at radius 2 is 2.12 bits per heavy atom. The first kappa shape index (κ1) is 11.6. The molecule has 16 heavy (non-hydrogen) atoms. The number of rotatable bonds is 2. The number of nitrogens with zero attached hydrogens (tertiary/aromatic N) is 2. The average molecular weight is 258 g/mol. The number of anilines is 1. The fourth-order valence-electron chi connectivity index (χ4n) is 1.83. The highest BCUT2D eigenvalue weighted by Crippen LogP contribution is 2.28. The van der Waals surface area contributed by atoms with Gasteiger partial charge in [0.15, 0.2) is 10.3 Å². The van der Waals surface area contributed by atoms with Crippen molar-refractivity contribution in [1.29, 1.82) is 5.26 Å². The second kappa shape index (κ2) is 5.00. The normalized spacial score (nSPS) is 25.1. The summed E-state index contributed by atoms with van der Waals surface area (Å²) in [5.41, 5.74) is 0. The van der Waals surface area contributed by atoms with E-state index in [9.17, 15) is 5.11 Å². The Morgan fingerprint density at radius 3 is 2.69 bits per heavy atom. The maximum Gasteiger partial charge on any atom is 0.185 e. The highest BCUT2D eigenvalue weighted by atomic mass is 35.5. The number of aliphatic hydroxyl groups excluding tert-OH is 1. The summed E-state index contributed by atoms with van der Waals surface area (Å²) >= 11 is 7.06. The van der Waals surface area contributed by atoms with Gasteiger partial charge in [-0.15, -0.1) is 0 Å². The highest BCUT2D eigenvalue weighted by molar-refractivity contribution is 7.16. The van der Waals surface area contributed by atoms with E-state index in [1.54, 1.807) is 0 Å². The number of aliphatic hydroxyl groups is 1. The van der Waals surface area contributed by atoms with Gasteiger partial charge in [0.25, 0.3) is 0 Å². The van der Waals surface area contributed by atoms with Crippen LogP contribution in [0.5, 0.6) is 0 Å². The number of aromatic nitrogens is 1. The van der Waals surface area contributed by atoms with Gasteiger partial charge in [-0.3, -0.25) is 0 Å². The molecule has 1 aromatic heterocycles. The average Bonchev–Trinajstić information content (AvgIpc) is 2.62. The third-order valence-electron chi connectivity index (χ3n) is 2.71. The van der Waals surface area contributed by atoms with E-state index in [0.29, 0.717) is 16.1 Å². The summed E-state index contributed by atoms with van der Waals surface area (Å²) < 4.78 is 0. The molecule has 0 aliphatic heterocycles. The lowest BCUT2D eigenvalue weighted by Crippen LogP contribution is -2.28. The Balaban J connectivity index is 1.96. The van der Waals surface area contributed by atoms with Gasteiger partial charge in [0, 0.05) is 6.04 Å². The van der Waals surface area contributed by atoms with E-state index < -0.39 is 0 Å². The molecule has 0 bridgehead atoms. The molecule has 2 N–H and O–H groups in total. The van der Waals surface area contributed by atoms with Crippen LogP contribution in [-0.4, -0.2) is 22.2 Å². The number of halogens is 1. The molecule has 86 valence electrons. The van der Waals surface area contributed by atoms with Gasteiger partial charge in [-0.25, -0.2) is 4.98 Å². The second-order valence-electron chi connectivity index (χ2n) is 3.90. The van der Waals surface area contributed by atoms with Gasteiger partial charge < -0.3 is 10.4 Å². The minimum Gasteiger partial charge on any atom is -0.393 e.